The molecule has 0 atom stereocenters. The van der Waals surface area contributed by atoms with Crippen LogP contribution >= 0.6 is 0 Å². The molecule has 1 rings (SSSR count). The van der Waals surface area contributed by atoms with Gasteiger partial charge < -0.3 is 14.5 Å². The van der Waals surface area contributed by atoms with Gasteiger partial charge >= 0.3 is 12.0 Å². The maximum absolute atomic E-state index is 11.3. The average Bonchev–Trinajstić information content (AvgIpc) is 2.87. The Kier molecular flexibility index (Phi) is 5.87. The lowest BCUT2D eigenvalue weighted by atomic mass is 10.4. The number of amides is 3. The number of rotatable bonds is 5. The van der Waals surface area contributed by atoms with Gasteiger partial charge in [0.25, 0.3) is 5.91 Å². The van der Waals surface area contributed by atoms with Gasteiger partial charge in [0, 0.05) is 6.08 Å². The molecule has 1 heterocycles. The fourth-order valence-corrected chi connectivity index (χ4v) is 1.11. The minimum atomic E-state index is -0.713. The monoisotopic (exact) mass is 266 g/mol. The molecule has 0 radical (unpaired) electrons. The van der Waals surface area contributed by atoms with Gasteiger partial charge in [-0.25, -0.2) is 9.59 Å². The lowest BCUT2D eigenvalue weighted by Crippen LogP contribution is -2.41. The first-order valence-electron chi connectivity index (χ1n) is 5.51. The zero-order valence-corrected chi connectivity index (χ0v) is 10.3. The largest absolute Gasteiger partial charge is 0.467 e. The second kappa shape index (κ2) is 7.70. The molecule has 19 heavy (non-hydrogen) atoms. The number of carbonyl (C=O) groups excluding carboxylic acids is 3. The Hall–Kier alpha value is -2.57. The summed E-state index contributed by atoms with van der Waals surface area (Å²) < 4.78 is 9.55. The quantitative estimate of drug-likeness (QED) is 0.604. The second-order valence-electron chi connectivity index (χ2n) is 3.42. The Morgan fingerprint density at radius 1 is 1.42 bits per heavy atom. The molecule has 0 saturated heterocycles. The molecule has 1 aromatic rings. The van der Waals surface area contributed by atoms with Crippen LogP contribution < -0.4 is 10.6 Å². The highest BCUT2D eigenvalue weighted by Gasteiger charge is 2.09. The number of hydrogen-bond donors (Lipinski definition) is 2. The van der Waals surface area contributed by atoms with E-state index < -0.39 is 24.5 Å². The Bertz CT molecular complexity index is 464. The predicted molar refractivity (Wildman–Crippen MR) is 64.9 cm³/mol. The number of carbonyl (C=O) groups is 3. The van der Waals surface area contributed by atoms with Crippen LogP contribution in [0, 0.1) is 0 Å². The van der Waals surface area contributed by atoms with Gasteiger partial charge in [0.1, 0.15) is 5.76 Å². The lowest BCUT2D eigenvalue weighted by Gasteiger charge is -2.05. The topological polar surface area (TPSA) is 97.6 Å². The van der Waals surface area contributed by atoms with E-state index in [0.717, 1.165) is 0 Å². The van der Waals surface area contributed by atoms with Gasteiger partial charge in [0.05, 0.1) is 12.8 Å². The summed E-state index contributed by atoms with van der Waals surface area (Å²) in [6.45, 7) is 1.28. The fraction of sp³-hybridized carbons (Fsp3) is 0.250. The lowest BCUT2D eigenvalue weighted by molar-refractivity contribution is -0.143. The van der Waals surface area contributed by atoms with Gasteiger partial charge in [-0.3, -0.25) is 10.1 Å². The Labute approximate surface area is 109 Å². The van der Waals surface area contributed by atoms with Crippen molar-refractivity contribution in [1.82, 2.24) is 10.6 Å². The molecule has 102 valence electrons. The number of nitrogens with one attached hydrogen (secondary N) is 2. The minimum absolute atomic E-state index is 0.157. The first-order valence-corrected chi connectivity index (χ1v) is 5.51. The Balaban J connectivity index is 2.20. The van der Waals surface area contributed by atoms with Crippen molar-refractivity contribution in [3.05, 3.63) is 36.3 Å². The van der Waals surface area contributed by atoms with E-state index >= 15 is 0 Å². The highest BCUT2D eigenvalue weighted by atomic mass is 16.5. The standard InChI is InChI=1S/C12H14N2O5/c1-2-4-11(16)19-8-10(15)14-12(17)13-7-9-5-3-6-18-9/h2-6H,7-8H2,1H3,(H2,13,14,15,17)/b4-2+. The van der Waals surface area contributed by atoms with Crippen LogP contribution in [0.3, 0.4) is 0 Å². The fourth-order valence-electron chi connectivity index (χ4n) is 1.11. The highest BCUT2D eigenvalue weighted by Crippen LogP contribution is 1.97. The van der Waals surface area contributed by atoms with Gasteiger partial charge in [-0.05, 0) is 19.1 Å². The molecule has 3 amide bonds. The first kappa shape index (κ1) is 14.5. The van der Waals surface area contributed by atoms with E-state index in [1.165, 1.54) is 18.4 Å². The molecule has 0 fully saturated rings. The van der Waals surface area contributed by atoms with Crippen LogP contribution in [0.25, 0.3) is 0 Å². The average molecular weight is 266 g/mol. The minimum Gasteiger partial charge on any atom is -0.467 e. The summed E-state index contributed by atoms with van der Waals surface area (Å²) in [7, 11) is 0. The van der Waals surface area contributed by atoms with Crippen LogP contribution in [0.5, 0.6) is 0 Å². The number of allylic oxidation sites excluding steroid dienone is 1. The van der Waals surface area contributed by atoms with Crippen molar-refractivity contribution in [3.63, 3.8) is 0 Å². The summed E-state index contributed by atoms with van der Waals surface area (Å²) >= 11 is 0. The maximum Gasteiger partial charge on any atom is 0.330 e. The van der Waals surface area contributed by atoms with Crippen molar-refractivity contribution in [1.29, 1.82) is 0 Å². The van der Waals surface area contributed by atoms with E-state index in [1.54, 1.807) is 19.1 Å². The van der Waals surface area contributed by atoms with Crippen molar-refractivity contribution in [2.45, 2.75) is 13.5 Å². The molecule has 7 heteroatoms. The number of hydrogen-bond acceptors (Lipinski definition) is 5. The van der Waals surface area contributed by atoms with Crippen molar-refractivity contribution in [3.8, 4) is 0 Å². The molecule has 0 aliphatic heterocycles. The third-order valence-corrected chi connectivity index (χ3v) is 1.90. The Morgan fingerprint density at radius 2 is 2.21 bits per heavy atom. The normalized spacial score (nSPS) is 10.2. The summed E-state index contributed by atoms with van der Waals surface area (Å²) in [5.74, 6) is -0.800. The van der Waals surface area contributed by atoms with Crippen molar-refractivity contribution < 1.29 is 23.5 Å². The molecule has 0 aromatic carbocycles. The van der Waals surface area contributed by atoms with Gasteiger partial charge in [-0.15, -0.1) is 0 Å². The molecule has 1 aromatic heterocycles. The Morgan fingerprint density at radius 3 is 2.84 bits per heavy atom. The van der Waals surface area contributed by atoms with Gasteiger partial charge in [-0.2, -0.15) is 0 Å². The van der Waals surface area contributed by atoms with E-state index in [0.29, 0.717) is 5.76 Å². The smallest absolute Gasteiger partial charge is 0.330 e. The summed E-state index contributed by atoms with van der Waals surface area (Å²) in [6.07, 6.45) is 4.13. The van der Waals surface area contributed by atoms with Crippen molar-refractivity contribution >= 4 is 17.9 Å². The molecule has 0 aliphatic carbocycles. The van der Waals surface area contributed by atoms with Crippen LogP contribution in [0.2, 0.25) is 0 Å². The van der Waals surface area contributed by atoms with Crippen LogP contribution in [-0.2, 0) is 20.9 Å². The summed E-state index contributed by atoms with van der Waals surface area (Å²) in [5.41, 5.74) is 0. The molecule has 0 aliphatic rings. The first-order chi connectivity index (χ1) is 9.11. The predicted octanol–water partition coefficient (Wildman–Crippen LogP) is 0.725. The molecule has 0 saturated carbocycles. The molecule has 0 spiro atoms. The van der Waals surface area contributed by atoms with Crippen LogP contribution in [0.4, 0.5) is 4.79 Å². The van der Waals surface area contributed by atoms with Crippen LogP contribution in [-0.4, -0.2) is 24.5 Å². The molecule has 0 unspecified atom stereocenters. The third kappa shape index (κ3) is 6.06. The SMILES string of the molecule is C/C=C/C(=O)OCC(=O)NC(=O)NCc1ccco1. The zero-order chi connectivity index (χ0) is 14.1. The van der Waals surface area contributed by atoms with Gasteiger partial charge in [0.2, 0.25) is 0 Å². The van der Waals surface area contributed by atoms with E-state index in [4.69, 9.17) is 4.42 Å². The molecule has 7 nitrogen and oxygen atoms in total. The van der Waals surface area contributed by atoms with Crippen LogP contribution in [0.1, 0.15) is 12.7 Å². The van der Waals surface area contributed by atoms with Crippen molar-refractivity contribution in [2.24, 2.45) is 0 Å². The summed E-state index contributed by atoms with van der Waals surface area (Å²) in [6, 6.07) is 2.67. The van der Waals surface area contributed by atoms with Gasteiger partial charge in [-0.1, -0.05) is 6.08 Å². The van der Waals surface area contributed by atoms with E-state index in [1.807, 2.05) is 5.32 Å². The summed E-state index contributed by atoms with van der Waals surface area (Å²) in [4.78, 5) is 33.4. The van der Waals surface area contributed by atoms with Crippen LogP contribution in [0.15, 0.2) is 35.0 Å². The third-order valence-electron chi connectivity index (χ3n) is 1.90. The van der Waals surface area contributed by atoms with E-state index in [9.17, 15) is 14.4 Å². The zero-order valence-electron chi connectivity index (χ0n) is 10.3. The molecular weight excluding hydrogens is 252 g/mol. The number of urea groups is 1. The number of imide groups is 1. The molecule has 2 N–H and O–H groups in total. The summed E-state index contributed by atoms with van der Waals surface area (Å²) in [5, 5.41) is 4.42. The van der Waals surface area contributed by atoms with E-state index in [-0.39, 0.29) is 6.54 Å². The number of furan rings is 1. The van der Waals surface area contributed by atoms with E-state index in [2.05, 4.69) is 10.1 Å². The van der Waals surface area contributed by atoms with Crippen molar-refractivity contribution in [2.75, 3.05) is 6.61 Å². The number of ether oxygens (including phenoxy) is 1. The molecule has 0 bridgehead atoms. The molecular formula is C12H14N2O5. The maximum atomic E-state index is 11.3. The second-order valence-corrected chi connectivity index (χ2v) is 3.42. The highest BCUT2D eigenvalue weighted by molar-refractivity contribution is 5.96. The number of esters is 1. The van der Waals surface area contributed by atoms with Gasteiger partial charge in [0.15, 0.2) is 6.61 Å².